The van der Waals surface area contributed by atoms with E-state index in [0.717, 1.165) is 0 Å². The molecular weight excluding hydrogens is 295 g/mol. The number of ether oxygens (including phenoxy) is 1. The van der Waals surface area contributed by atoms with Crippen LogP contribution in [0.4, 0.5) is 0 Å². The van der Waals surface area contributed by atoms with Crippen LogP contribution in [0.5, 0.6) is 0 Å². The molecule has 102 valence electrons. The number of esters is 1. The average molecular weight is 305 g/mol. The van der Waals surface area contributed by atoms with Crippen molar-refractivity contribution in [2.24, 2.45) is 0 Å². The zero-order valence-corrected chi connectivity index (χ0v) is 11.3. The zero-order chi connectivity index (χ0) is 14.4. The number of hydrogen-bond donors (Lipinski definition) is 2. The van der Waals surface area contributed by atoms with E-state index in [1.807, 2.05) is 10.9 Å². The number of carbonyl (C=O) groups excluding carboxylic acids is 3. The highest BCUT2D eigenvalue weighted by molar-refractivity contribution is 6.37. The van der Waals surface area contributed by atoms with Gasteiger partial charge in [-0.05, 0) is 25.1 Å². The Kier molecular flexibility index (Phi) is 5.59. The highest BCUT2D eigenvalue weighted by Gasteiger charge is 2.16. The number of carbonyl (C=O) groups is 3. The maximum atomic E-state index is 11.7. The van der Waals surface area contributed by atoms with E-state index in [-0.39, 0.29) is 17.2 Å². The second kappa shape index (κ2) is 6.96. The van der Waals surface area contributed by atoms with Gasteiger partial charge in [0.15, 0.2) is 0 Å². The summed E-state index contributed by atoms with van der Waals surface area (Å²) in [4.78, 5) is 33.8. The first-order valence-electron chi connectivity index (χ1n) is 5.18. The van der Waals surface area contributed by atoms with Gasteiger partial charge in [0, 0.05) is 5.02 Å². The number of halogens is 2. The molecule has 0 atom stereocenters. The molecule has 0 aliphatic heterocycles. The van der Waals surface area contributed by atoms with Gasteiger partial charge in [-0.15, -0.1) is 0 Å². The fourth-order valence-corrected chi connectivity index (χ4v) is 1.60. The molecule has 0 spiro atoms. The summed E-state index contributed by atoms with van der Waals surface area (Å²) in [6, 6.07) is 4.23. The normalized spacial score (nSPS) is 9.63. The van der Waals surface area contributed by atoms with Crippen LogP contribution in [0.25, 0.3) is 0 Å². The molecule has 2 amide bonds. The van der Waals surface area contributed by atoms with E-state index in [1.54, 1.807) is 6.92 Å². The van der Waals surface area contributed by atoms with Crippen molar-refractivity contribution < 1.29 is 19.1 Å². The van der Waals surface area contributed by atoms with E-state index < -0.39 is 17.8 Å². The van der Waals surface area contributed by atoms with Crippen LogP contribution in [-0.2, 0) is 14.3 Å². The predicted molar refractivity (Wildman–Crippen MR) is 68.7 cm³/mol. The summed E-state index contributed by atoms with van der Waals surface area (Å²) in [6.07, 6.45) is 0. The first kappa shape index (κ1) is 15.3. The van der Waals surface area contributed by atoms with Crippen LogP contribution >= 0.6 is 23.2 Å². The Morgan fingerprint density at radius 1 is 1.21 bits per heavy atom. The van der Waals surface area contributed by atoms with Crippen LogP contribution in [0.2, 0.25) is 10.0 Å². The summed E-state index contributed by atoms with van der Waals surface area (Å²) in [5, 5.41) is 0.493. The molecular formula is C11H10Cl2N2O4. The molecule has 19 heavy (non-hydrogen) atoms. The summed E-state index contributed by atoms with van der Waals surface area (Å²) in [5.74, 6) is -2.86. The van der Waals surface area contributed by atoms with E-state index in [2.05, 4.69) is 4.74 Å². The lowest BCUT2D eigenvalue weighted by molar-refractivity contribution is -0.154. The third-order valence-electron chi connectivity index (χ3n) is 1.93. The maximum Gasteiger partial charge on any atom is 0.398 e. The van der Waals surface area contributed by atoms with Gasteiger partial charge in [-0.25, -0.2) is 4.79 Å². The first-order valence-corrected chi connectivity index (χ1v) is 5.93. The van der Waals surface area contributed by atoms with Crippen LogP contribution in [0.3, 0.4) is 0 Å². The molecule has 0 aromatic heterocycles. The van der Waals surface area contributed by atoms with Crippen LogP contribution in [-0.4, -0.2) is 24.4 Å². The molecule has 1 rings (SSSR count). The smallest absolute Gasteiger partial charge is 0.398 e. The molecule has 0 aliphatic carbocycles. The van der Waals surface area contributed by atoms with Crippen LogP contribution < -0.4 is 10.9 Å². The fraction of sp³-hybridized carbons (Fsp3) is 0.182. The minimum absolute atomic E-state index is 0.0587. The Hall–Kier alpha value is -1.79. The molecule has 0 aliphatic rings. The highest BCUT2D eigenvalue weighted by Crippen LogP contribution is 2.20. The van der Waals surface area contributed by atoms with Crippen LogP contribution in [0.1, 0.15) is 17.3 Å². The number of nitrogens with one attached hydrogen (secondary N) is 2. The van der Waals surface area contributed by atoms with E-state index in [1.165, 1.54) is 18.2 Å². The summed E-state index contributed by atoms with van der Waals surface area (Å²) >= 11 is 11.5. The van der Waals surface area contributed by atoms with Crippen molar-refractivity contribution >= 4 is 41.0 Å². The van der Waals surface area contributed by atoms with Crippen molar-refractivity contribution in [1.29, 1.82) is 0 Å². The second-order valence-corrected chi connectivity index (χ2v) is 4.10. The van der Waals surface area contributed by atoms with Crippen molar-refractivity contribution in [1.82, 2.24) is 10.9 Å². The van der Waals surface area contributed by atoms with E-state index >= 15 is 0 Å². The van der Waals surface area contributed by atoms with Gasteiger partial charge in [0.1, 0.15) is 0 Å². The minimum atomic E-state index is -1.09. The molecule has 0 saturated heterocycles. The van der Waals surface area contributed by atoms with Crippen molar-refractivity contribution in [2.75, 3.05) is 6.61 Å². The SMILES string of the molecule is CCOC(=O)C(=O)NNC(=O)c1ccc(Cl)cc1Cl. The van der Waals surface area contributed by atoms with E-state index in [0.29, 0.717) is 5.02 Å². The highest BCUT2D eigenvalue weighted by atomic mass is 35.5. The van der Waals surface area contributed by atoms with Crippen LogP contribution in [0, 0.1) is 0 Å². The fourth-order valence-electron chi connectivity index (χ4n) is 1.10. The summed E-state index contributed by atoms with van der Waals surface area (Å²) in [5.41, 5.74) is 4.04. The maximum absolute atomic E-state index is 11.7. The molecule has 2 N–H and O–H groups in total. The molecule has 0 saturated carbocycles. The van der Waals surface area contributed by atoms with Gasteiger partial charge in [0.2, 0.25) is 0 Å². The number of hydrogen-bond acceptors (Lipinski definition) is 4. The van der Waals surface area contributed by atoms with Gasteiger partial charge in [-0.2, -0.15) is 0 Å². The quantitative estimate of drug-likeness (QED) is 0.490. The molecule has 8 heteroatoms. The Balaban J connectivity index is 2.61. The summed E-state index contributed by atoms with van der Waals surface area (Å²) in [7, 11) is 0. The molecule has 1 aromatic carbocycles. The number of hydrazine groups is 1. The molecule has 0 bridgehead atoms. The molecule has 1 aromatic rings. The largest absolute Gasteiger partial charge is 0.459 e. The molecule has 0 radical (unpaired) electrons. The first-order chi connectivity index (χ1) is 8.95. The summed E-state index contributed by atoms with van der Waals surface area (Å²) < 4.78 is 4.44. The van der Waals surface area contributed by atoms with Crippen molar-refractivity contribution in [3.05, 3.63) is 33.8 Å². The predicted octanol–water partition coefficient (Wildman–Crippen LogP) is 1.32. The topological polar surface area (TPSA) is 84.5 Å². The van der Waals surface area contributed by atoms with E-state index in [9.17, 15) is 14.4 Å². The minimum Gasteiger partial charge on any atom is -0.459 e. The average Bonchev–Trinajstić information content (AvgIpc) is 2.35. The monoisotopic (exact) mass is 304 g/mol. The lowest BCUT2D eigenvalue weighted by Gasteiger charge is -2.08. The van der Waals surface area contributed by atoms with Crippen molar-refractivity contribution in [2.45, 2.75) is 6.92 Å². The Bertz CT molecular complexity index is 519. The number of rotatable bonds is 2. The summed E-state index contributed by atoms with van der Waals surface area (Å²) in [6.45, 7) is 1.61. The third-order valence-corrected chi connectivity index (χ3v) is 2.47. The van der Waals surface area contributed by atoms with Gasteiger partial charge in [-0.1, -0.05) is 23.2 Å². The zero-order valence-electron chi connectivity index (χ0n) is 9.83. The van der Waals surface area contributed by atoms with Gasteiger partial charge in [-0.3, -0.25) is 20.4 Å². The second-order valence-electron chi connectivity index (χ2n) is 3.25. The Labute approximate surface area is 119 Å². The standard InChI is InChI=1S/C11H10Cl2N2O4/c1-2-19-11(18)10(17)15-14-9(16)7-4-3-6(12)5-8(7)13/h3-5H,2H2,1H3,(H,14,16)(H,15,17). The Morgan fingerprint density at radius 3 is 2.47 bits per heavy atom. The Morgan fingerprint density at radius 2 is 1.89 bits per heavy atom. The lowest BCUT2D eigenvalue weighted by Crippen LogP contribution is -2.45. The molecule has 0 unspecified atom stereocenters. The van der Waals surface area contributed by atoms with E-state index in [4.69, 9.17) is 23.2 Å². The molecule has 0 fully saturated rings. The van der Waals surface area contributed by atoms with Gasteiger partial charge >= 0.3 is 11.9 Å². The number of benzene rings is 1. The number of amides is 2. The van der Waals surface area contributed by atoms with Gasteiger partial charge in [0.05, 0.1) is 17.2 Å². The lowest BCUT2D eigenvalue weighted by atomic mass is 10.2. The molecule has 6 nitrogen and oxygen atoms in total. The van der Waals surface area contributed by atoms with Gasteiger partial charge in [0.25, 0.3) is 5.91 Å². The molecule has 0 heterocycles. The van der Waals surface area contributed by atoms with Gasteiger partial charge < -0.3 is 4.74 Å². The van der Waals surface area contributed by atoms with Crippen molar-refractivity contribution in [3.8, 4) is 0 Å². The van der Waals surface area contributed by atoms with Crippen molar-refractivity contribution in [3.63, 3.8) is 0 Å². The third kappa shape index (κ3) is 4.42. The van der Waals surface area contributed by atoms with Crippen LogP contribution in [0.15, 0.2) is 18.2 Å².